The van der Waals surface area contributed by atoms with E-state index in [4.69, 9.17) is 12.2 Å². The molecule has 1 aliphatic heterocycles. The van der Waals surface area contributed by atoms with Gasteiger partial charge in [-0.1, -0.05) is 25.1 Å². The molecule has 1 aromatic carbocycles. The lowest BCUT2D eigenvalue weighted by molar-refractivity contribution is 0.267. The van der Waals surface area contributed by atoms with E-state index < -0.39 is 0 Å². The number of para-hydroxylation sites is 1. The third-order valence-corrected chi connectivity index (χ3v) is 4.37. The van der Waals surface area contributed by atoms with Crippen molar-refractivity contribution in [2.45, 2.75) is 39.7 Å². The van der Waals surface area contributed by atoms with Crippen LogP contribution in [0.15, 0.2) is 18.2 Å². The van der Waals surface area contributed by atoms with Crippen LogP contribution in [0.5, 0.6) is 0 Å². The molecular weight excluding hydrogens is 266 g/mol. The molecule has 1 atom stereocenters. The lowest BCUT2D eigenvalue weighted by Gasteiger charge is -2.24. The van der Waals surface area contributed by atoms with E-state index >= 15 is 0 Å². The van der Waals surface area contributed by atoms with Gasteiger partial charge in [0, 0.05) is 18.3 Å². The van der Waals surface area contributed by atoms with Crippen LogP contribution in [0.2, 0.25) is 0 Å². The molecule has 110 valence electrons. The first-order chi connectivity index (χ1) is 9.61. The van der Waals surface area contributed by atoms with Crippen LogP contribution in [0.1, 0.15) is 30.9 Å². The molecule has 0 aliphatic carbocycles. The van der Waals surface area contributed by atoms with E-state index in [-0.39, 0.29) is 0 Å². The Bertz CT molecular complexity index is 453. The van der Waals surface area contributed by atoms with Gasteiger partial charge in [-0.15, -0.1) is 0 Å². The van der Waals surface area contributed by atoms with Crippen molar-refractivity contribution < 1.29 is 0 Å². The van der Waals surface area contributed by atoms with Gasteiger partial charge in [0.2, 0.25) is 0 Å². The van der Waals surface area contributed by atoms with Crippen molar-refractivity contribution >= 4 is 23.0 Å². The monoisotopic (exact) mass is 291 g/mol. The first-order valence-electron chi connectivity index (χ1n) is 7.47. The van der Waals surface area contributed by atoms with Gasteiger partial charge in [0.1, 0.15) is 0 Å². The minimum Gasteiger partial charge on any atom is -0.361 e. The summed E-state index contributed by atoms with van der Waals surface area (Å²) in [6.45, 7) is 9.72. The van der Waals surface area contributed by atoms with Crippen LogP contribution in [0, 0.1) is 13.8 Å². The van der Waals surface area contributed by atoms with Crippen molar-refractivity contribution in [2.75, 3.05) is 25.0 Å². The third kappa shape index (κ3) is 3.70. The maximum Gasteiger partial charge on any atom is 0.170 e. The van der Waals surface area contributed by atoms with Gasteiger partial charge in [-0.3, -0.25) is 4.90 Å². The summed E-state index contributed by atoms with van der Waals surface area (Å²) < 4.78 is 0. The standard InChI is InChI=1S/C16H25N3S/c1-4-19-10-6-9-14(19)11-17-16(20)18-15-12(2)7-5-8-13(15)3/h5,7-8,14H,4,6,9-11H2,1-3H3,(H2,17,18,20). The molecule has 2 rings (SSSR count). The summed E-state index contributed by atoms with van der Waals surface area (Å²) in [5, 5.41) is 7.43. The molecule has 0 aromatic heterocycles. The Balaban J connectivity index is 1.87. The molecule has 1 aliphatic rings. The van der Waals surface area contributed by atoms with Crippen LogP contribution in [0.25, 0.3) is 0 Å². The second-order valence-electron chi connectivity index (χ2n) is 5.53. The Kier molecular flexibility index (Phi) is 5.38. The topological polar surface area (TPSA) is 27.3 Å². The molecule has 1 aromatic rings. The molecule has 20 heavy (non-hydrogen) atoms. The summed E-state index contributed by atoms with van der Waals surface area (Å²) >= 11 is 5.42. The molecule has 1 saturated heterocycles. The molecule has 0 spiro atoms. The molecule has 0 saturated carbocycles. The van der Waals surface area contributed by atoms with Crippen molar-refractivity contribution in [1.29, 1.82) is 0 Å². The van der Waals surface area contributed by atoms with Crippen molar-refractivity contribution in [3.05, 3.63) is 29.3 Å². The number of aryl methyl sites for hydroxylation is 2. The molecule has 2 N–H and O–H groups in total. The van der Waals surface area contributed by atoms with E-state index in [0.717, 1.165) is 23.9 Å². The maximum absolute atomic E-state index is 5.42. The molecular formula is C16H25N3S. The minimum atomic E-state index is 0.623. The zero-order valence-corrected chi connectivity index (χ0v) is 13.5. The number of hydrogen-bond donors (Lipinski definition) is 2. The van der Waals surface area contributed by atoms with E-state index in [1.165, 1.54) is 30.5 Å². The smallest absolute Gasteiger partial charge is 0.170 e. The van der Waals surface area contributed by atoms with Gasteiger partial charge in [-0.05, 0) is 63.1 Å². The number of likely N-dealkylation sites (N-methyl/N-ethyl adjacent to an activating group) is 1. The summed E-state index contributed by atoms with van der Waals surface area (Å²) in [5.41, 5.74) is 3.58. The second kappa shape index (κ2) is 7.04. The first kappa shape index (κ1) is 15.3. The molecule has 4 heteroatoms. The molecule has 0 radical (unpaired) electrons. The van der Waals surface area contributed by atoms with Gasteiger partial charge in [-0.2, -0.15) is 0 Å². The molecule has 3 nitrogen and oxygen atoms in total. The number of anilines is 1. The van der Waals surface area contributed by atoms with Crippen LogP contribution in [0.4, 0.5) is 5.69 Å². The number of nitrogens with one attached hydrogen (secondary N) is 2. The summed E-state index contributed by atoms with van der Waals surface area (Å²) in [6.07, 6.45) is 2.57. The van der Waals surface area contributed by atoms with Crippen molar-refractivity contribution in [2.24, 2.45) is 0 Å². The average Bonchev–Trinajstić information content (AvgIpc) is 2.88. The van der Waals surface area contributed by atoms with Crippen LogP contribution in [-0.4, -0.2) is 35.7 Å². The molecule has 0 amide bonds. The zero-order valence-electron chi connectivity index (χ0n) is 12.7. The minimum absolute atomic E-state index is 0.623. The van der Waals surface area contributed by atoms with E-state index in [0.29, 0.717) is 6.04 Å². The summed E-state index contributed by atoms with van der Waals surface area (Å²) in [7, 11) is 0. The highest BCUT2D eigenvalue weighted by atomic mass is 32.1. The largest absolute Gasteiger partial charge is 0.361 e. The fraction of sp³-hybridized carbons (Fsp3) is 0.562. The van der Waals surface area contributed by atoms with Gasteiger partial charge in [-0.25, -0.2) is 0 Å². The summed E-state index contributed by atoms with van der Waals surface area (Å²) in [4.78, 5) is 2.52. The lowest BCUT2D eigenvalue weighted by Crippen LogP contribution is -2.41. The van der Waals surface area contributed by atoms with Gasteiger partial charge in [0.05, 0.1) is 0 Å². The quantitative estimate of drug-likeness (QED) is 0.834. The molecule has 1 unspecified atom stereocenters. The Hall–Kier alpha value is -1.13. The zero-order chi connectivity index (χ0) is 14.5. The van der Waals surface area contributed by atoms with Crippen molar-refractivity contribution in [1.82, 2.24) is 10.2 Å². The van der Waals surface area contributed by atoms with Crippen LogP contribution in [0.3, 0.4) is 0 Å². The maximum atomic E-state index is 5.42. The fourth-order valence-corrected chi connectivity index (χ4v) is 3.11. The van der Waals surface area contributed by atoms with E-state index in [1.807, 2.05) is 0 Å². The highest BCUT2D eigenvalue weighted by molar-refractivity contribution is 7.80. The first-order valence-corrected chi connectivity index (χ1v) is 7.87. The van der Waals surface area contributed by atoms with E-state index in [1.54, 1.807) is 0 Å². The average molecular weight is 291 g/mol. The predicted molar refractivity (Wildman–Crippen MR) is 90.4 cm³/mol. The SMILES string of the molecule is CCN1CCCC1CNC(=S)Nc1c(C)cccc1C. The Morgan fingerprint density at radius 2 is 2.05 bits per heavy atom. The van der Waals surface area contributed by atoms with Crippen LogP contribution < -0.4 is 10.6 Å². The number of thiocarbonyl (C=S) groups is 1. The molecule has 0 bridgehead atoms. The van der Waals surface area contributed by atoms with Gasteiger partial charge in [0.15, 0.2) is 5.11 Å². The van der Waals surface area contributed by atoms with E-state index in [9.17, 15) is 0 Å². The molecule has 1 fully saturated rings. The highest BCUT2D eigenvalue weighted by Gasteiger charge is 2.22. The Morgan fingerprint density at radius 3 is 2.70 bits per heavy atom. The fourth-order valence-electron chi connectivity index (χ4n) is 2.92. The number of likely N-dealkylation sites (tertiary alicyclic amines) is 1. The van der Waals surface area contributed by atoms with Gasteiger partial charge < -0.3 is 10.6 Å². The number of benzene rings is 1. The third-order valence-electron chi connectivity index (χ3n) is 4.12. The Morgan fingerprint density at radius 1 is 1.35 bits per heavy atom. The second-order valence-corrected chi connectivity index (χ2v) is 5.93. The number of nitrogens with zero attached hydrogens (tertiary/aromatic N) is 1. The number of rotatable bonds is 4. The summed E-state index contributed by atoms with van der Waals surface area (Å²) in [5.74, 6) is 0. The number of hydrogen-bond acceptors (Lipinski definition) is 2. The summed E-state index contributed by atoms with van der Waals surface area (Å²) in [6, 6.07) is 6.91. The van der Waals surface area contributed by atoms with Crippen LogP contribution in [-0.2, 0) is 0 Å². The Labute approximate surface area is 127 Å². The van der Waals surface area contributed by atoms with Crippen LogP contribution >= 0.6 is 12.2 Å². The normalized spacial score (nSPS) is 19.1. The molecule has 1 heterocycles. The van der Waals surface area contributed by atoms with Gasteiger partial charge >= 0.3 is 0 Å². The van der Waals surface area contributed by atoms with Gasteiger partial charge in [0.25, 0.3) is 0 Å². The lowest BCUT2D eigenvalue weighted by atomic mass is 10.1. The highest BCUT2D eigenvalue weighted by Crippen LogP contribution is 2.19. The van der Waals surface area contributed by atoms with E-state index in [2.05, 4.69) is 54.5 Å². The van der Waals surface area contributed by atoms with Crippen molar-refractivity contribution in [3.8, 4) is 0 Å². The van der Waals surface area contributed by atoms with Crippen molar-refractivity contribution in [3.63, 3.8) is 0 Å². The predicted octanol–water partition coefficient (Wildman–Crippen LogP) is 3.07.